The van der Waals surface area contributed by atoms with E-state index in [2.05, 4.69) is 13.0 Å². The van der Waals surface area contributed by atoms with Crippen molar-refractivity contribution in [3.8, 4) is 6.07 Å². The molecule has 1 atom stereocenters. The molecular weight excluding hydrogens is 194 g/mol. The Balaban J connectivity index is 2.13. The summed E-state index contributed by atoms with van der Waals surface area (Å²) in [5.41, 5.74) is 0. The van der Waals surface area contributed by atoms with Gasteiger partial charge in [-0.15, -0.1) is 11.8 Å². The maximum absolute atomic E-state index is 9.09. The lowest BCUT2D eigenvalue weighted by Crippen LogP contribution is -2.20. The Kier molecular flexibility index (Phi) is 5.36. The number of hydrogen-bond acceptors (Lipinski definition) is 3. The fourth-order valence-corrected chi connectivity index (χ4v) is 2.88. The van der Waals surface area contributed by atoms with Gasteiger partial charge in [0.15, 0.2) is 0 Å². The predicted octanol–water partition coefficient (Wildman–Crippen LogP) is 2.98. The summed E-state index contributed by atoms with van der Waals surface area (Å²) in [5, 5.41) is 9.09. The second kappa shape index (κ2) is 6.31. The van der Waals surface area contributed by atoms with Gasteiger partial charge in [-0.1, -0.05) is 13.3 Å². The first-order valence-corrected chi connectivity index (χ1v) is 6.44. The number of thioether (sulfide) groups is 1. The van der Waals surface area contributed by atoms with Crippen LogP contribution in [0.25, 0.3) is 0 Å². The molecule has 1 aliphatic rings. The van der Waals surface area contributed by atoms with Crippen LogP contribution < -0.4 is 0 Å². The quantitative estimate of drug-likeness (QED) is 0.636. The Labute approximate surface area is 91.0 Å². The number of nitrogens with zero attached hydrogens (tertiary/aromatic N) is 1. The Hall–Kier alpha value is -0.200. The normalized spacial score (nSPS) is 26.3. The molecule has 1 heterocycles. The number of ether oxygens (including phenoxy) is 1. The molecule has 2 nitrogen and oxygen atoms in total. The zero-order valence-corrected chi connectivity index (χ0v) is 9.74. The van der Waals surface area contributed by atoms with Crippen LogP contribution in [0.5, 0.6) is 0 Å². The minimum absolute atomic E-state index is 0.119. The first kappa shape index (κ1) is 11.9. The summed E-state index contributed by atoms with van der Waals surface area (Å²) in [6.07, 6.45) is 5.45. The molecule has 0 spiro atoms. The average molecular weight is 213 g/mol. The first-order valence-electron chi connectivity index (χ1n) is 5.46. The average Bonchev–Trinajstić information content (AvgIpc) is 2.67. The van der Waals surface area contributed by atoms with Gasteiger partial charge in [-0.3, -0.25) is 0 Å². The van der Waals surface area contributed by atoms with E-state index in [9.17, 15) is 0 Å². The van der Waals surface area contributed by atoms with Crippen molar-refractivity contribution < 1.29 is 4.74 Å². The van der Waals surface area contributed by atoms with Gasteiger partial charge in [0.05, 0.1) is 6.07 Å². The lowest BCUT2D eigenvalue weighted by Gasteiger charge is -2.18. The van der Waals surface area contributed by atoms with Crippen molar-refractivity contribution in [3.05, 3.63) is 0 Å². The molecule has 0 aromatic carbocycles. The van der Waals surface area contributed by atoms with Gasteiger partial charge in [0.25, 0.3) is 0 Å². The zero-order chi connectivity index (χ0) is 10.3. The molecule has 0 aromatic rings. The molecule has 0 amide bonds. The first-order chi connectivity index (χ1) is 6.83. The van der Waals surface area contributed by atoms with Crippen LogP contribution in [0, 0.1) is 11.3 Å². The van der Waals surface area contributed by atoms with Crippen LogP contribution in [0.3, 0.4) is 0 Å². The third-order valence-electron chi connectivity index (χ3n) is 2.60. The third-order valence-corrected chi connectivity index (χ3v) is 4.14. The highest BCUT2D eigenvalue weighted by Crippen LogP contribution is 2.40. The molecule has 1 unspecified atom stereocenters. The smallest absolute Gasteiger partial charge is 0.105 e. The molecule has 1 aliphatic heterocycles. The van der Waals surface area contributed by atoms with E-state index in [1.165, 1.54) is 12.8 Å². The summed E-state index contributed by atoms with van der Waals surface area (Å²) >= 11 is 1.81. The van der Waals surface area contributed by atoms with Gasteiger partial charge < -0.3 is 4.74 Å². The van der Waals surface area contributed by atoms with Gasteiger partial charge in [-0.25, -0.2) is 0 Å². The Morgan fingerprint density at radius 3 is 2.93 bits per heavy atom. The summed E-state index contributed by atoms with van der Waals surface area (Å²) in [6.45, 7) is 3.76. The van der Waals surface area contributed by atoms with Crippen molar-refractivity contribution in [2.24, 2.45) is 0 Å². The number of unbranched alkanes of at least 4 members (excludes halogenated alkanes) is 1. The van der Waals surface area contributed by atoms with Gasteiger partial charge in [-0.2, -0.15) is 5.26 Å². The number of nitriles is 1. The molecule has 0 radical (unpaired) electrons. The SMILES string of the molecule is CCCCOCCC1(C#N)CCCS1. The fraction of sp³-hybridized carbons (Fsp3) is 0.909. The molecule has 1 fully saturated rings. The fourth-order valence-electron chi connectivity index (χ4n) is 1.62. The molecule has 0 aromatic heterocycles. The van der Waals surface area contributed by atoms with Crippen LogP contribution in [0.15, 0.2) is 0 Å². The summed E-state index contributed by atoms with van der Waals surface area (Å²) in [7, 11) is 0. The minimum Gasteiger partial charge on any atom is -0.381 e. The lowest BCUT2D eigenvalue weighted by molar-refractivity contribution is 0.125. The van der Waals surface area contributed by atoms with Crippen LogP contribution in [0.2, 0.25) is 0 Å². The van der Waals surface area contributed by atoms with Crippen LogP contribution in [-0.2, 0) is 4.74 Å². The van der Waals surface area contributed by atoms with Crippen molar-refractivity contribution >= 4 is 11.8 Å². The summed E-state index contributed by atoms with van der Waals surface area (Å²) < 4.78 is 5.38. The molecule has 0 N–H and O–H groups in total. The van der Waals surface area contributed by atoms with E-state index in [1.807, 2.05) is 11.8 Å². The van der Waals surface area contributed by atoms with Crippen molar-refractivity contribution in [2.75, 3.05) is 19.0 Å². The highest BCUT2D eigenvalue weighted by Gasteiger charge is 2.34. The highest BCUT2D eigenvalue weighted by molar-refractivity contribution is 8.01. The third kappa shape index (κ3) is 3.51. The molecule has 14 heavy (non-hydrogen) atoms. The molecule has 0 saturated carbocycles. The van der Waals surface area contributed by atoms with Crippen molar-refractivity contribution in [1.29, 1.82) is 5.26 Å². The van der Waals surface area contributed by atoms with Crippen molar-refractivity contribution in [1.82, 2.24) is 0 Å². The number of rotatable bonds is 6. The standard InChI is InChI=1S/C11H19NOS/c1-2-3-7-13-8-6-11(10-12)5-4-9-14-11/h2-9H2,1H3. The van der Waals surface area contributed by atoms with E-state index in [-0.39, 0.29) is 4.75 Å². The van der Waals surface area contributed by atoms with Crippen LogP contribution in [-0.4, -0.2) is 23.7 Å². The Bertz CT molecular complexity index is 194. The maximum Gasteiger partial charge on any atom is 0.105 e. The Morgan fingerprint density at radius 2 is 2.36 bits per heavy atom. The zero-order valence-electron chi connectivity index (χ0n) is 8.92. The van der Waals surface area contributed by atoms with Crippen molar-refractivity contribution in [3.63, 3.8) is 0 Å². The molecule has 0 bridgehead atoms. The summed E-state index contributed by atoms with van der Waals surface area (Å²) in [6, 6.07) is 2.45. The minimum atomic E-state index is -0.119. The summed E-state index contributed by atoms with van der Waals surface area (Å²) in [5.74, 6) is 1.14. The predicted molar refractivity (Wildman–Crippen MR) is 60.4 cm³/mol. The van der Waals surface area contributed by atoms with E-state index in [0.29, 0.717) is 0 Å². The van der Waals surface area contributed by atoms with E-state index >= 15 is 0 Å². The van der Waals surface area contributed by atoms with Crippen LogP contribution >= 0.6 is 11.8 Å². The second-order valence-corrected chi connectivity index (χ2v) is 5.25. The van der Waals surface area contributed by atoms with E-state index in [0.717, 1.165) is 38.2 Å². The van der Waals surface area contributed by atoms with E-state index in [4.69, 9.17) is 10.00 Å². The van der Waals surface area contributed by atoms with Gasteiger partial charge >= 0.3 is 0 Å². The molecule has 1 rings (SSSR count). The summed E-state index contributed by atoms with van der Waals surface area (Å²) in [4.78, 5) is 0. The van der Waals surface area contributed by atoms with Gasteiger partial charge in [0.2, 0.25) is 0 Å². The highest BCUT2D eigenvalue weighted by atomic mass is 32.2. The van der Waals surface area contributed by atoms with Gasteiger partial charge in [0, 0.05) is 13.2 Å². The number of hydrogen-bond donors (Lipinski definition) is 0. The second-order valence-electron chi connectivity index (χ2n) is 3.77. The largest absolute Gasteiger partial charge is 0.381 e. The Morgan fingerprint density at radius 1 is 1.50 bits per heavy atom. The van der Waals surface area contributed by atoms with Crippen LogP contribution in [0.1, 0.15) is 39.0 Å². The van der Waals surface area contributed by atoms with Gasteiger partial charge in [0.1, 0.15) is 4.75 Å². The van der Waals surface area contributed by atoms with E-state index < -0.39 is 0 Å². The van der Waals surface area contributed by atoms with Crippen LogP contribution in [0.4, 0.5) is 0 Å². The topological polar surface area (TPSA) is 33.0 Å². The molecule has 0 aliphatic carbocycles. The van der Waals surface area contributed by atoms with E-state index in [1.54, 1.807) is 0 Å². The molecule has 3 heteroatoms. The monoisotopic (exact) mass is 213 g/mol. The van der Waals surface area contributed by atoms with Crippen molar-refractivity contribution in [2.45, 2.75) is 43.8 Å². The molecule has 80 valence electrons. The van der Waals surface area contributed by atoms with Gasteiger partial charge in [-0.05, 0) is 31.4 Å². The maximum atomic E-state index is 9.09. The molecular formula is C11H19NOS. The lowest BCUT2D eigenvalue weighted by atomic mass is 10.0. The molecule has 1 saturated heterocycles.